The van der Waals surface area contributed by atoms with Gasteiger partial charge in [-0.1, -0.05) is 6.92 Å². The molecule has 5 N–H and O–H groups in total. The van der Waals surface area contributed by atoms with Crippen molar-refractivity contribution >= 4 is 35.1 Å². The molecule has 2 aromatic rings. The summed E-state index contributed by atoms with van der Waals surface area (Å²) in [6, 6.07) is 5.15. The number of hydrogen-bond donors (Lipinski definition) is 4. The van der Waals surface area contributed by atoms with Gasteiger partial charge in [0.1, 0.15) is 5.84 Å². The number of nitrogens with two attached hydrogens (primary N) is 1. The van der Waals surface area contributed by atoms with Gasteiger partial charge in [0.25, 0.3) is 0 Å². The van der Waals surface area contributed by atoms with Crippen LogP contribution in [0, 0.1) is 17.1 Å². The molecule has 0 bridgehead atoms. The van der Waals surface area contributed by atoms with Crippen molar-refractivity contribution in [3.05, 3.63) is 51.5 Å². The second kappa shape index (κ2) is 10.5. The van der Waals surface area contributed by atoms with E-state index in [1.807, 2.05) is 0 Å². The standard InChI is InChI=1S/C16H15FN2O4S.C2HF3O2/c1-8(15(20)21)4-11-5-10(7-24-11)16(22)23-13-3-2-9(14(18)19)6-12(13)17;3-2(4,5)1(6)7/h2-3,5-8H,4H2,1H3,(H3,18,19)(H,20,21);(H,6,7). The maximum Gasteiger partial charge on any atom is 0.490 e. The first-order valence-electron chi connectivity index (χ1n) is 8.18. The Hall–Kier alpha value is -3.48. The van der Waals surface area contributed by atoms with Crippen LogP contribution in [0.2, 0.25) is 0 Å². The second-order valence-corrected chi connectivity index (χ2v) is 6.99. The molecule has 1 unspecified atom stereocenters. The highest BCUT2D eigenvalue weighted by molar-refractivity contribution is 7.10. The molecule has 0 amide bonds. The fourth-order valence-electron chi connectivity index (χ4n) is 1.89. The van der Waals surface area contributed by atoms with E-state index in [1.54, 1.807) is 6.92 Å². The minimum Gasteiger partial charge on any atom is -0.481 e. The molecule has 13 heteroatoms. The van der Waals surface area contributed by atoms with Crippen LogP contribution in [-0.2, 0) is 16.0 Å². The number of thiophene rings is 1. The predicted octanol–water partition coefficient (Wildman–Crippen LogP) is 3.29. The van der Waals surface area contributed by atoms with Gasteiger partial charge in [0, 0.05) is 15.8 Å². The molecule has 0 fully saturated rings. The Kier molecular flexibility index (Phi) is 8.67. The molecule has 2 rings (SSSR count). The molecule has 0 spiro atoms. The molecule has 0 aliphatic heterocycles. The molecule has 0 radical (unpaired) electrons. The lowest BCUT2D eigenvalue weighted by Crippen LogP contribution is -2.21. The Morgan fingerprint density at radius 1 is 1.19 bits per heavy atom. The maximum absolute atomic E-state index is 13.9. The Balaban J connectivity index is 0.000000592. The van der Waals surface area contributed by atoms with E-state index in [0.29, 0.717) is 6.42 Å². The fourth-order valence-corrected chi connectivity index (χ4v) is 2.88. The van der Waals surface area contributed by atoms with E-state index in [4.69, 9.17) is 30.9 Å². The van der Waals surface area contributed by atoms with E-state index in [1.165, 1.54) is 34.9 Å². The van der Waals surface area contributed by atoms with Gasteiger partial charge in [-0.15, -0.1) is 11.3 Å². The minimum atomic E-state index is -5.08. The van der Waals surface area contributed by atoms with Crippen LogP contribution in [0.25, 0.3) is 0 Å². The monoisotopic (exact) mass is 464 g/mol. The van der Waals surface area contributed by atoms with Crippen molar-refractivity contribution in [3.8, 4) is 5.75 Å². The number of amidine groups is 1. The number of aliphatic carboxylic acids is 2. The molecular weight excluding hydrogens is 448 g/mol. The maximum atomic E-state index is 13.9. The Labute approximate surface area is 176 Å². The molecule has 1 aromatic carbocycles. The van der Waals surface area contributed by atoms with Gasteiger partial charge < -0.3 is 20.7 Å². The van der Waals surface area contributed by atoms with Crippen LogP contribution in [0.5, 0.6) is 5.75 Å². The molecule has 0 aliphatic rings. The SMILES string of the molecule is CC(Cc1cc(C(=O)Oc2ccc(C(=N)N)cc2F)cs1)C(=O)O.O=C(O)C(F)(F)F. The summed E-state index contributed by atoms with van der Waals surface area (Å²) in [6.07, 6.45) is -4.78. The molecule has 0 aliphatic carbocycles. The first kappa shape index (κ1) is 25.6. The number of halogens is 4. The zero-order valence-corrected chi connectivity index (χ0v) is 16.5. The summed E-state index contributed by atoms with van der Waals surface area (Å²) < 4.78 is 50.6. The van der Waals surface area contributed by atoms with Crippen LogP contribution in [-0.4, -0.2) is 40.1 Å². The van der Waals surface area contributed by atoms with Crippen LogP contribution >= 0.6 is 11.3 Å². The number of carbonyl (C=O) groups is 3. The summed E-state index contributed by atoms with van der Waals surface area (Å²) in [5.41, 5.74) is 5.67. The van der Waals surface area contributed by atoms with E-state index in [-0.39, 0.29) is 22.7 Å². The van der Waals surface area contributed by atoms with Crippen LogP contribution in [0.1, 0.15) is 27.7 Å². The van der Waals surface area contributed by atoms with Crippen molar-refractivity contribution in [2.24, 2.45) is 11.7 Å². The van der Waals surface area contributed by atoms with E-state index < -0.39 is 35.8 Å². The Bertz CT molecular complexity index is 990. The molecule has 168 valence electrons. The van der Waals surface area contributed by atoms with Gasteiger partial charge in [0.2, 0.25) is 0 Å². The number of alkyl halides is 3. The van der Waals surface area contributed by atoms with Crippen LogP contribution in [0.4, 0.5) is 17.6 Å². The highest BCUT2D eigenvalue weighted by Crippen LogP contribution is 2.23. The molecule has 0 saturated carbocycles. The van der Waals surface area contributed by atoms with Crippen molar-refractivity contribution in [2.75, 3.05) is 0 Å². The van der Waals surface area contributed by atoms with Crippen molar-refractivity contribution in [2.45, 2.75) is 19.5 Å². The van der Waals surface area contributed by atoms with E-state index in [9.17, 15) is 27.2 Å². The topological polar surface area (TPSA) is 151 Å². The minimum absolute atomic E-state index is 0.188. The first-order chi connectivity index (χ1) is 14.2. The van der Waals surface area contributed by atoms with E-state index >= 15 is 0 Å². The highest BCUT2D eigenvalue weighted by atomic mass is 32.1. The lowest BCUT2D eigenvalue weighted by atomic mass is 10.1. The zero-order valence-electron chi connectivity index (χ0n) is 15.7. The van der Waals surface area contributed by atoms with Crippen LogP contribution < -0.4 is 10.5 Å². The number of carboxylic acids is 2. The van der Waals surface area contributed by atoms with Crippen molar-refractivity contribution in [3.63, 3.8) is 0 Å². The molecular formula is C18H16F4N2O6S. The number of carbonyl (C=O) groups excluding carboxylic acids is 1. The average Bonchev–Trinajstić information content (AvgIpc) is 3.11. The van der Waals surface area contributed by atoms with Crippen molar-refractivity contribution in [1.82, 2.24) is 0 Å². The number of ether oxygens (including phenoxy) is 1. The summed E-state index contributed by atoms with van der Waals surface area (Å²) in [7, 11) is 0. The predicted molar refractivity (Wildman–Crippen MR) is 101 cm³/mol. The van der Waals surface area contributed by atoms with Gasteiger partial charge in [-0.05, 0) is 30.7 Å². The third kappa shape index (κ3) is 8.04. The van der Waals surface area contributed by atoms with Gasteiger partial charge in [-0.25, -0.2) is 14.0 Å². The van der Waals surface area contributed by atoms with Gasteiger partial charge in [-0.2, -0.15) is 13.2 Å². The Morgan fingerprint density at radius 3 is 2.23 bits per heavy atom. The molecule has 1 atom stereocenters. The third-order valence-corrected chi connectivity index (χ3v) is 4.47. The van der Waals surface area contributed by atoms with E-state index in [2.05, 4.69) is 0 Å². The summed E-state index contributed by atoms with van der Waals surface area (Å²) in [4.78, 5) is 32.5. The molecule has 8 nitrogen and oxygen atoms in total. The normalized spacial score (nSPS) is 11.6. The van der Waals surface area contributed by atoms with Gasteiger partial charge in [0.15, 0.2) is 11.6 Å². The van der Waals surface area contributed by atoms with E-state index in [0.717, 1.165) is 10.9 Å². The van der Waals surface area contributed by atoms with Gasteiger partial charge in [-0.3, -0.25) is 10.2 Å². The number of nitrogen functional groups attached to an aromatic ring is 1. The summed E-state index contributed by atoms with van der Waals surface area (Å²) in [5.74, 6) is -6.34. The first-order valence-corrected chi connectivity index (χ1v) is 9.06. The smallest absolute Gasteiger partial charge is 0.481 e. The van der Waals surface area contributed by atoms with Crippen molar-refractivity contribution < 1.29 is 46.9 Å². The largest absolute Gasteiger partial charge is 0.490 e. The Morgan fingerprint density at radius 2 is 1.77 bits per heavy atom. The number of esters is 1. The van der Waals surface area contributed by atoms with Gasteiger partial charge in [0.05, 0.1) is 11.5 Å². The highest BCUT2D eigenvalue weighted by Gasteiger charge is 2.38. The number of rotatable bonds is 6. The number of nitrogens with one attached hydrogen (secondary N) is 1. The molecule has 0 saturated heterocycles. The van der Waals surface area contributed by atoms with Gasteiger partial charge >= 0.3 is 24.1 Å². The second-order valence-electron chi connectivity index (χ2n) is 6.00. The summed E-state index contributed by atoms with van der Waals surface area (Å²) >= 11 is 1.24. The quantitative estimate of drug-likeness (QED) is 0.168. The van der Waals surface area contributed by atoms with Crippen LogP contribution in [0.15, 0.2) is 29.6 Å². The third-order valence-electron chi connectivity index (χ3n) is 3.51. The number of carboxylic acid groups (broad SMARTS) is 2. The average molecular weight is 464 g/mol. The van der Waals surface area contributed by atoms with Crippen molar-refractivity contribution in [1.29, 1.82) is 5.41 Å². The fraction of sp³-hybridized carbons (Fsp3) is 0.222. The lowest BCUT2D eigenvalue weighted by Gasteiger charge is -2.06. The number of benzene rings is 1. The molecule has 1 aromatic heterocycles. The zero-order chi connectivity index (χ0) is 23.9. The summed E-state index contributed by atoms with van der Waals surface area (Å²) in [6.45, 7) is 1.58. The molecule has 31 heavy (non-hydrogen) atoms. The lowest BCUT2D eigenvalue weighted by molar-refractivity contribution is -0.192. The summed E-state index contributed by atoms with van der Waals surface area (Å²) in [5, 5.41) is 24.8. The number of hydrogen-bond acceptors (Lipinski definition) is 6. The van der Waals surface area contributed by atoms with Crippen LogP contribution in [0.3, 0.4) is 0 Å². The molecule has 1 heterocycles.